The minimum Gasteiger partial charge on any atom is -0.478 e. The number of sulfone groups is 1. The zero-order valence-corrected chi connectivity index (χ0v) is 14.4. The number of thioether (sulfide) groups is 2. The Morgan fingerprint density at radius 1 is 1.38 bits per heavy atom. The summed E-state index contributed by atoms with van der Waals surface area (Å²) in [4.78, 5) is 11.6. The second-order valence-corrected chi connectivity index (χ2v) is 10.6. The highest BCUT2D eigenvalue weighted by molar-refractivity contribution is 8.20. The molecule has 1 spiro atoms. The van der Waals surface area contributed by atoms with Gasteiger partial charge in [-0.25, -0.2) is 13.2 Å². The number of carbonyl (C=O) groups is 1. The molecule has 2 aliphatic heterocycles. The van der Waals surface area contributed by atoms with Crippen LogP contribution in [0.5, 0.6) is 0 Å². The number of halogens is 1. The number of aromatic carboxylic acids is 1. The van der Waals surface area contributed by atoms with Gasteiger partial charge in [-0.1, -0.05) is 11.6 Å². The molecule has 0 amide bonds. The molecule has 114 valence electrons. The summed E-state index contributed by atoms with van der Waals surface area (Å²) in [6, 6.07) is 1.37. The van der Waals surface area contributed by atoms with Gasteiger partial charge in [0.25, 0.3) is 0 Å². The van der Waals surface area contributed by atoms with Crippen LogP contribution in [-0.4, -0.2) is 36.8 Å². The number of carboxylic acids is 1. The minimum atomic E-state index is -3.41. The van der Waals surface area contributed by atoms with Crippen LogP contribution in [0.4, 0.5) is 0 Å². The Labute approximate surface area is 136 Å². The summed E-state index contributed by atoms with van der Waals surface area (Å²) in [6.45, 7) is 1.64. The molecule has 0 unspecified atom stereocenters. The average Bonchev–Trinajstić information content (AvgIpc) is 2.86. The molecule has 1 fully saturated rings. The maximum atomic E-state index is 12.4. The third-order valence-electron chi connectivity index (χ3n) is 3.78. The van der Waals surface area contributed by atoms with Gasteiger partial charge in [0.05, 0.1) is 25.3 Å². The highest BCUT2D eigenvalue weighted by atomic mass is 35.5. The Morgan fingerprint density at radius 3 is 2.57 bits per heavy atom. The van der Waals surface area contributed by atoms with Gasteiger partial charge in [0.2, 0.25) is 0 Å². The number of rotatable bonds is 1. The average molecular weight is 365 g/mol. The number of hydrogen-bond acceptors (Lipinski definition) is 5. The Bertz CT molecular complexity index is 736. The fourth-order valence-corrected chi connectivity index (χ4v) is 9.12. The van der Waals surface area contributed by atoms with E-state index in [0.717, 1.165) is 11.5 Å². The van der Waals surface area contributed by atoms with Gasteiger partial charge >= 0.3 is 5.97 Å². The van der Waals surface area contributed by atoms with Crippen molar-refractivity contribution in [2.75, 3.05) is 17.3 Å². The fourth-order valence-electron chi connectivity index (χ4n) is 2.91. The first-order valence-corrected chi connectivity index (χ1v) is 10.4. The topological polar surface area (TPSA) is 71.4 Å². The van der Waals surface area contributed by atoms with E-state index < -0.39 is 19.9 Å². The van der Waals surface area contributed by atoms with Crippen molar-refractivity contribution in [3.8, 4) is 0 Å². The largest absolute Gasteiger partial charge is 0.478 e. The van der Waals surface area contributed by atoms with E-state index in [1.54, 1.807) is 30.4 Å². The molecule has 1 N–H and O–H groups in total. The van der Waals surface area contributed by atoms with Crippen molar-refractivity contribution in [3.63, 3.8) is 0 Å². The Morgan fingerprint density at radius 2 is 2.00 bits per heavy atom. The predicted molar refractivity (Wildman–Crippen MR) is 86.4 cm³/mol. The lowest BCUT2D eigenvalue weighted by Crippen LogP contribution is -2.30. The molecule has 2 heterocycles. The monoisotopic (exact) mass is 364 g/mol. The summed E-state index contributed by atoms with van der Waals surface area (Å²) in [6.07, 6.45) is 0.472. The molecule has 1 aromatic rings. The molecule has 21 heavy (non-hydrogen) atoms. The third kappa shape index (κ3) is 2.29. The van der Waals surface area contributed by atoms with Crippen LogP contribution in [0.1, 0.15) is 27.9 Å². The summed E-state index contributed by atoms with van der Waals surface area (Å²) in [5, 5.41) is 9.38. The van der Waals surface area contributed by atoms with Gasteiger partial charge in [0.15, 0.2) is 9.84 Å². The van der Waals surface area contributed by atoms with Crippen LogP contribution in [0.25, 0.3) is 0 Å². The quantitative estimate of drug-likeness (QED) is 0.825. The van der Waals surface area contributed by atoms with Crippen LogP contribution in [0, 0.1) is 6.92 Å². The highest BCUT2D eigenvalue weighted by Gasteiger charge is 2.48. The van der Waals surface area contributed by atoms with E-state index in [1.807, 2.05) is 0 Å². The van der Waals surface area contributed by atoms with E-state index in [-0.39, 0.29) is 21.2 Å². The van der Waals surface area contributed by atoms with E-state index >= 15 is 0 Å². The van der Waals surface area contributed by atoms with Crippen LogP contribution in [0.3, 0.4) is 0 Å². The molecule has 1 saturated heterocycles. The lowest BCUT2D eigenvalue weighted by atomic mass is 10.0. The van der Waals surface area contributed by atoms with E-state index in [4.69, 9.17) is 11.6 Å². The van der Waals surface area contributed by atoms with Crippen molar-refractivity contribution < 1.29 is 18.3 Å². The summed E-state index contributed by atoms with van der Waals surface area (Å²) < 4.78 is 24.5. The molecule has 8 heteroatoms. The van der Waals surface area contributed by atoms with Crippen LogP contribution >= 0.6 is 35.1 Å². The first-order chi connectivity index (χ1) is 9.78. The maximum Gasteiger partial charge on any atom is 0.337 e. The van der Waals surface area contributed by atoms with Crippen molar-refractivity contribution in [2.24, 2.45) is 0 Å². The molecule has 0 atom stereocenters. The predicted octanol–water partition coefficient (Wildman–Crippen LogP) is 3.16. The molecule has 0 radical (unpaired) electrons. The third-order valence-corrected chi connectivity index (χ3v) is 9.59. The molecule has 2 aliphatic rings. The highest BCUT2D eigenvalue weighted by Crippen LogP contribution is 2.60. The van der Waals surface area contributed by atoms with E-state index in [1.165, 1.54) is 6.07 Å². The Kier molecular flexibility index (Phi) is 3.75. The minimum absolute atomic E-state index is 0.0162. The van der Waals surface area contributed by atoms with Crippen molar-refractivity contribution in [2.45, 2.75) is 22.3 Å². The Hall–Kier alpha value is -0.370. The molecule has 0 aliphatic carbocycles. The lowest BCUT2D eigenvalue weighted by molar-refractivity contribution is 0.0696. The molecule has 3 rings (SSSR count). The van der Waals surface area contributed by atoms with Gasteiger partial charge in [-0.05, 0) is 25.0 Å². The van der Waals surface area contributed by atoms with Gasteiger partial charge in [-0.15, -0.1) is 23.5 Å². The van der Waals surface area contributed by atoms with Crippen molar-refractivity contribution in [3.05, 3.63) is 27.8 Å². The van der Waals surface area contributed by atoms with Crippen LogP contribution in [0.15, 0.2) is 11.0 Å². The van der Waals surface area contributed by atoms with Crippen LogP contribution in [-0.2, 0) is 13.9 Å². The maximum absolute atomic E-state index is 12.4. The molecule has 0 bridgehead atoms. The van der Waals surface area contributed by atoms with Gasteiger partial charge in [0, 0.05) is 17.1 Å². The van der Waals surface area contributed by atoms with Crippen LogP contribution < -0.4 is 0 Å². The van der Waals surface area contributed by atoms with E-state index in [2.05, 4.69) is 0 Å². The number of fused-ring (bicyclic) bond motifs is 2. The van der Waals surface area contributed by atoms with Gasteiger partial charge in [-0.2, -0.15) is 0 Å². The lowest BCUT2D eigenvalue weighted by Gasteiger charge is -2.35. The van der Waals surface area contributed by atoms with Crippen LogP contribution in [0.2, 0.25) is 5.02 Å². The summed E-state index contributed by atoms with van der Waals surface area (Å²) in [5.74, 6) is 0.786. The van der Waals surface area contributed by atoms with E-state index in [0.29, 0.717) is 17.5 Å². The first-order valence-electron chi connectivity index (χ1n) is 6.36. The second-order valence-electron chi connectivity index (χ2n) is 5.08. The number of benzene rings is 1. The van der Waals surface area contributed by atoms with Gasteiger partial charge in [-0.3, -0.25) is 0 Å². The standard InChI is InChI=1S/C13H13ClO4S3/c1-7-6-8(12(15)16)10(14)9-11(7)21(17,18)5-2-13(9)19-3-4-20-13/h6H,2-5H2,1H3,(H,15,16). The molecule has 0 aromatic heterocycles. The molecule has 4 nitrogen and oxygen atoms in total. The SMILES string of the molecule is Cc1cc(C(=O)O)c(Cl)c2c1S(=O)(=O)CCC21SCCS1. The Balaban J connectivity index is 2.40. The summed E-state index contributed by atoms with van der Waals surface area (Å²) in [7, 11) is -3.41. The fraction of sp³-hybridized carbons (Fsp3) is 0.462. The molecular formula is C13H13ClO4S3. The van der Waals surface area contributed by atoms with E-state index in [9.17, 15) is 18.3 Å². The zero-order valence-electron chi connectivity index (χ0n) is 11.2. The molecule has 0 saturated carbocycles. The van der Waals surface area contributed by atoms with Crippen molar-refractivity contribution in [1.82, 2.24) is 0 Å². The van der Waals surface area contributed by atoms with Gasteiger partial charge in [0.1, 0.15) is 0 Å². The number of aryl methyl sites for hydroxylation is 1. The smallest absolute Gasteiger partial charge is 0.337 e. The normalized spacial score (nSPS) is 22.2. The first kappa shape index (κ1) is 15.5. The number of hydrogen-bond donors (Lipinski definition) is 1. The number of carboxylic acid groups (broad SMARTS) is 1. The summed E-state index contributed by atoms with van der Waals surface area (Å²) in [5.41, 5.74) is 0.955. The summed E-state index contributed by atoms with van der Waals surface area (Å²) >= 11 is 9.67. The molecular weight excluding hydrogens is 352 g/mol. The second kappa shape index (κ2) is 5.08. The van der Waals surface area contributed by atoms with Gasteiger partial charge < -0.3 is 5.11 Å². The van der Waals surface area contributed by atoms with Crippen molar-refractivity contribution >= 4 is 50.9 Å². The van der Waals surface area contributed by atoms with Crippen molar-refractivity contribution in [1.29, 1.82) is 0 Å². The zero-order chi connectivity index (χ0) is 15.4. The molecule has 1 aromatic carbocycles.